The van der Waals surface area contributed by atoms with Crippen molar-refractivity contribution in [1.82, 2.24) is 9.97 Å². The molecule has 0 bridgehead atoms. The summed E-state index contributed by atoms with van der Waals surface area (Å²) in [5, 5.41) is 17.8. The Balaban J connectivity index is 2.23. The number of carbonyl (C=O) groups is 1. The van der Waals surface area contributed by atoms with Gasteiger partial charge in [-0.2, -0.15) is 0 Å². The van der Waals surface area contributed by atoms with Gasteiger partial charge in [0.25, 0.3) is 17.9 Å². The Morgan fingerprint density at radius 2 is 2.19 bits per heavy atom. The van der Waals surface area contributed by atoms with E-state index in [1.165, 1.54) is 12.3 Å². The molecule has 0 aliphatic rings. The van der Waals surface area contributed by atoms with Crippen LogP contribution in [-0.4, -0.2) is 46.1 Å². The summed E-state index contributed by atoms with van der Waals surface area (Å²) >= 11 is 6.02. The van der Waals surface area contributed by atoms with Crippen LogP contribution in [0.3, 0.4) is 0 Å². The Morgan fingerprint density at radius 3 is 2.81 bits per heavy atom. The average Bonchev–Trinajstić information content (AvgIpc) is 2.71. The fourth-order valence-electron chi connectivity index (χ4n) is 2.32. The van der Waals surface area contributed by atoms with Gasteiger partial charge in [-0.1, -0.05) is 30.4 Å². The second kappa shape index (κ2) is 10.1. The molecule has 2 heterocycles. The standard InChI is InChI=1S/C19H17ClF3N5O3/c1-10(19(22,23)9-31-18(24)25)15-13(21)4-5-14(27-15)28-17(30)16-12(20)7-11(8-26-16)3-2-6-29/h4-5,7-8,10,29H,6,9H2,1H3,(H3,24,25)(H,27,28,30)/t10-/m0/s1. The topological polar surface area (TPSA) is 134 Å². The quantitative estimate of drug-likeness (QED) is 0.300. The van der Waals surface area contributed by atoms with E-state index in [-0.39, 0.29) is 23.1 Å². The van der Waals surface area contributed by atoms with E-state index < -0.39 is 41.9 Å². The van der Waals surface area contributed by atoms with Gasteiger partial charge >= 0.3 is 0 Å². The predicted octanol–water partition coefficient (Wildman–Crippen LogP) is 2.51. The van der Waals surface area contributed by atoms with E-state index >= 15 is 0 Å². The molecule has 2 aromatic heterocycles. The first-order valence-corrected chi connectivity index (χ1v) is 9.00. The van der Waals surface area contributed by atoms with Gasteiger partial charge in [0.05, 0.1) is 16.6 Å². The molecule has 0 spiro atoms. The molecule has 2 aromatic rings. The highest BCUT2D eigenvalue weighted by molar-refractivity contribution is 6.34. The summed E-state index contributed by atoms with van der Waals surface area (Å²) in [6.07, 6.45) is 1.25. The number of halogens is 4. The zero-order valence-corrected chi connectivity index (χ0v) is 16.8. The summed E-state index contributed by atoms with van der Waals surface area (Å²) in [6.45, 7) is -0.589. The van der Waals surface area contributed by atoms with Crippen molar-refractivity contribution in [2.75, 3.05) is 18.5 Å². The highest BCUT2D eigenvalue weighted by Gasteiger charge is 2.41. The molecule has 0 radical (unpaired) electrons. The number of hydrogen-bond donors (Lipinski definition) is 4. The summed E-state index contributed by atoms with van der Waals surface area (Å²) in [4.78, 5) is 20.1. The number of alkyl halides is 2. The molecule has 8 nitrogen and oxygen atoms in total. The normalized spacial score (nSPS) is 11.8. The van der Waals surface area contributed by atoms with Crippen LogP contribution in [-0.2, 0) is 4.74 Å². The van der Waals surface area contributed by atoms with E-state index in [9.17, 15) is 18.0 Å². The van der Waals surface area contributed by atoms with Crippen molar-refractivity contribution in [2.24, 2.45) is 5.73 Å². The van der Waals surface area contributed by atoms with E-state index in [2.05, 4.69) is 31.9 Å². The van der Waals surface area contributed by atoms with Crippen LogP contribution in [0, 0.1) is 23.1 Å². The second-order valence-corrected chi connectivity index (χ2v) is 6.57. The van der Waals surface area contributed by atoms with Gasteiger partial charge in [-0.15, -0.1) is 0 Å². The van der Waals surface area contributed by atoms with Crippen molar-refractivity contribution in [3.05, 3.63) is 52.2 Å². The van der Waals surface area contributed by atoms with E-state index in [0.29, 0.717) is 5.56 Å². The van der Waals surface area contributed by atoms with Gasteiger partial charge in [-0.25, -0.2) is 23.1 Å². The lowest BCUT2D eigenvalue weighted by Crippen LogP contribution is -2.34. The number of hydrogen-bond acceptors (Lipinski definition) is 6. The Labute approximate surface area is 180 Å². The summed E-state index contributed by atoms with van der Waals surface area (Å²) < 4.78 is 47.0. The zero-order chi connectivity index (χ0) is 23.2. The number of nitrogens with one attached hydrogen (secondary N) is 2. The number of aromatic nitrogens is 2. The Kier molecular flexibility index (Phi) is 7.79. The number of ether oxygens (including phenoxy) is 1. The zero-order valence-electron chi connectivity index (χ0n) is 16.0. The average molecular weight is 456 g/mol. The van der Waals surface area contributed by atoms with Crippen LogP contribution in [0.4, 0.5) is 19.0 Å². The molecule has 0 aliphatic carbocycles. The van der Waals surface area contributed by atoms with Crippen LogP contribution in [0.5, 0.6) is 0 Å². The molecular formula is C19H17ClF3N5O3. The van der Waals surface area contributed by atoms with Crippen molar-refractivity contribution in [2.45, 2.75) is 18.8 Å². The van der Waals surface area contributed by atoms with Crippen LogP contribution < -0.4 is 11.1 Å². The number of anilines is 1. The first-order chi connectivity index (χ1) is 14.5. The minimum Gasteiger partial charge on any atom is -0.459 e. The van der Waals surface area contributed by atoms with Gasteiger partial charge in [0, 0.05) is 11.8 Å². The molecule has 12 heteroatoms. The lowest BCUT2D eigenvalue weighted by molar-refractivity contribution is -0.0659. The van der Waals surface area contributed by atoms with Gasteiger partial charge in [-0.3, -0.25) is 10.2 Å². The van der Waals surface area contributed by atoms with Crippen molar-refractivity contribution in [3.8, 4) is 11.8 Å². The maximum atomic E-state index is 14.3. The van der Waals surface area contributed by atoms with E-state index in [0.717, 1.165) is 19.1 Å². The van der Waals surface area contributed by atoms with Gasteiger partial charge in [0.2, 0.25) is 0 Å². The Bertz CT molecular complexity index is 1060. The Hall–Kier alpha value is -3.36. The second-order valence-electron chi connectivity index (χ2n) is 6.17. The third-order valence-corrected chi connectivity index (χ3v) is 4.23. The molecule has 0 fully saturated rings. The number of nitrogens with zero attached hydrogens (tertiary/aromatic N) is 2. The van der Waals surface area contributed by atoms with Gasteiger partial charge in [-0.05, 0) is 18.2 Å². The largest absolute Gasteiger partial charge is 0.459 e. The molecule has 1 atom stereocenters. The molecule has 0 aromatic carbocycles. The molecule has 5 N–H and O–H groups in total. The number of aliphatic hydroxyl groups excluding tert-OH is 1. The van der Waals surface area contributed by atoms with Crippen molar-refractivity contribution < 1.29 is 27.8 Å². The van der Waals surface area contributed by atoms with Crippen LogP contribution in [0.25, 0.3) is 0 Å². The number of rotatable bonds is 6. The number of amides is 1. The highest BCUT2D eigenvalue weighted by Crippen LogP contribution is 2.34. The van der Waals surface area contributed by atoms with Crippen LogP contribution in [0.15, 0.2) is 24.4 Å². The molecule has 0 saturated heterocycles. The smallest absolute Gasteiger partial charge is 0.289 e. The molecule has 0 unspecified atom stereocenters. The Morgan fingerprint density at radius 1 is 1.48 bits per heavy atom. The summed E-state index contributed by atoms with van der Waals surface area (Å²) in [5.41, 5.74) is 4.45. The van der Waals surface area contributed by atoms with Crippen molar-refractivity contribution in [1.29, 1.82) is 5.41 Å². The fraction of sp³-hybridized carbons (Fsp3) is 0.263. The molecule has 0 saturated carbocycles. The number of pyridine rings is 2. The van der Waals surface area contributed by atoms with Crippen molar-refractivity contribution >= 4 is 29.3 Å². The number of nitrogens with two attached hydrogens (primary N) is 1. The monoisotopic (exact) mass is 455 g/mol. The molecule has 2 rings (SSSR count). The third kappa shape index (κ3) is 6.31. The molecule has 164 valence electrons. The van der Waals surface area contributed by atoms with E-state index in [1.54, 1.807) is 0 Å². The van der Waals surface area contributed by atoms with Gasteiger partial charge in [0.1, 0.15) is 23.9 Å². The van der Waals surface area contributed by atoms with Crippen LogP contribution in [0.1, 0.15) is 34.6 Å². The SMILES string of the molecule is C[C@@H](c1nc(NC(=O)c2ncc(C#CCO)cc2Cl)ccc1F)C(F)(F)COC(=N)N. The molecule has 0 aliphatic heterocycles. The lowest BCUT2D eigenvalue weighted by atomic mass is 9.99. The number of aliphatic hydroxyl groups is 1. The highest BCUT2D eigenvalue weighted by atomic mass is 35.5. The minimum atomic E-state index is -3.60. The molecule has 1 amide bonds. The first-order valence-electron chi connectivity index (χ1n) is 8.63. The van der Waals surface area contributed by atoms with E-state index in [1.807, 2.05) is 0 Å². The van der Waals surface area contributed by atoms with Crippen molar-refractivity contribution in [3.63, 3.8) is 0 Å². The van der Waals surface area contributed by atoms with E-state index in [4.69, 9.17) is 27.9 Å². The first kappa shape index (κ1) is 23.9. The summed E-state index contributed by atoms with van der Waals surface area (Å²) in [6, 6.07) is 2.41. The summed E-state index contributed by atoms with van der Waals surface area (Å²) in [7, 11) is 0. The third-order valence-electron chi connectivity index (χ3n) is 3.95. The minimum absolute atomic E-state index is 0.0501. The summed E-state index contributed by atoms with van der Waals surface area (Å²) in [5.74, 6) is -2.42. The molecule has 31 heavy (non-hydrogen) atoms. The van der Waals surface area contributed by atoms with Crippen LogP contribution >= 0.6 is 11.6 Å². The number of amidine groups is 1. The molecular weight excluding hydrogens is 439 g/mol. The maximum Gasteiger partial charge on any atom is 0.289 e. The van der Waals surface area contributed by atoms with Crippen LogP contribution in [0.2, 0.25) is 5.02 Å². The predicted molar refractivity (Wildman–Crippen MR) is 107 cm³/mol. The number of carbonyl (C=O) groups excluding carboxylic acids is 1. The maximum absolute atomic E-state index is 14.3. The van der Waals surface area contributed by atoms with Gasteiger partial charge in [0.15, 0.2) is 6.61 Å². The fourth-order valence-corrected chi connectivity index (χ4v) is 2.57. The lowest BCUT2D eigenvalue weighted by Gasteiger charge is -2.23. The van der Waals surface area contributed by atoms with Gasteiger partial charge < -0.3 is 20.9 Å².